The van der Waals surface area contributed by atoms with Gasteiger partial charge in [0.05, 0.1) is 17.5 Å². The maximum absolute atomic E-state index is 13.1. The highest BCUT2D eigenvalue weighted by Gasteiger charge is 2.22. The number of amides is 3. The first-order valence-corrected chi connectivity index (χ1v) is 16.0. The van der Waals surface area contributed by atoms with E-state index in [1.807, 2.05) is 37.3 Å². The predicted molar refractivity (Wildman–Crippen MR) is 167 cm³/mol. The predicted octanol–water partition coefficient (Wildman–Crippen LogP) is 6.53. The summed E-state index contributed by atoms with van der Waals surface area (Å²) in [5.74, 6) is 0.420. The van der Waals surface area contributed by atoms with Crippen molar-refractivity contribution in [3.63, 3.8) is 0 Å². The van der Waals surface area contributed by atoms with Crippen LogP contribution in [-0.4, -0.2) is 43.4 Å². The molecular formula is C30H31Cl2N5O5S. The third-order valence-corrected chi connectivity index (χ3v) is 8.01. The number of hydrogen-bond donors (Lipinski definition) is 4. The number of carbonyl (C=O) groups excluding carboxylic acids is 2. The van der Waals surface area contributed by atoms with Crippen LogP contribution in [0.25, 0.3) is 11.3 Å². The van der Waals surface area contributed by atoms with Crippen molar-refractivity contribution < 1.29 is 22.7 Å². The van der Waals surface area contributed by atoms with Gasteiger partial charge in [0, 0.05) is 29.1 Å². The fraction of sp³-hybridized carbons (Fsp3) is 0.233. The molecular weight excluding hydrogens is 613 g/mol. The molecule has 0 saturated carbocycles. The number of sulfone groups is 1. The summed E-state index contributed by atoms with van der Waals surface area (Å²) in [7, 11) is -3.53. The Morgan fingerprint density at radius 1 is 1.02 bits per heavy atom. The molecule has 43 heavy (non-hydrogen) atoms. The van der Waals surface area contributed by atoms with Gasteiger partial charge in [-0.2, -0.15) is 0 Å². The molecule has 1 heterocycles. The molecule has 13 heteroatoms. The highest BCUT2D eigenvalue weighted by atomic mass is 35.5. The van der Waals surface area contributed by atoms with Gasteiger partial charge in [-0.15, -0.1) is 0 Å². The first kappa shape index (κ1) is 31.9. The van der Waals surface area contributed by atoms with Gasteiger partial charge in [-0.3, -0.25) is 5.32 Å². The third-order valence-electron chi connectivity index (χ3n) is 6.30. The zero-order valence-corrected chi connectivity index (χ0v) is 25.8. The number of H-pyrrole nitrogens is 1. The zero-order valence-electron chi connectivity index (χ0n) is 23.5. The van der Waals surface area contributed by atoms with Crippen LogP contribution in [0.15, 0.2) is 77.7 Å². The normalized spacial score (nSPS) is 11.9. The Morgan fingerprint density at radius 2 is 1.74 bits per heavy atom. The Labute approximate surface area is 260 Å². The zero-order chi connectivity index (χ0) is 31.0. The van der Waals surface area contributed by atoms with Gasteiger partial charge in [-0.25, -0.2) is 23.0 Å². The Balaban J connectivity index is 1.52. The highest BCUT2D eigenvalue weighted by molar-refractivity contribution is 7.90. The maximum Gasteiger partial charge on any atom is 0.411 e. The summed E-state index contributed by atoms with van der Waals surface area (Å²) >= 11 is 12.6. The van der Waals surface area contributed by atoms with Crippen molar-refractivity contribution in [1.29, 1.82) is 0 Å². The Bertz CT molecular complexity index is 1680. The van der Waals surface area contributed by atoms with Crippen LogP contribution in [0.3, 0.4) is 0 Å². The second-order valence-electron chi connectivity index (χ2n) is 9.72. The van der Waals surface area contributed by atoms with E-state index < -0.39 is 28.0 Å². The molecule has 3 aromatic carbocycles. The summed E-state index contributed by atoms with van der Waals surface area (Å²) in [5.41, 5.74) is 3.02. The molecule has 226 valence electrons. The number of halogens is 2. The van der Waals surface area contributed by atoms with Crippen molar-refractivity contribution in [2.45, 2.75) is 37.2 Å². The van der Waals surface area contributed by atoms with Gasteiger partial charge in [-0.1, -0.05) is 72.6 Å². The van der Waals surface area contributed by atoms with Gasteiger partial charge in [0.15, 0.2) is 9.84 Å². The molecule has 0 aliphatic carbocycles. The lowest BCUT2D eigenvalue weighted by Gasteiger charge is -2.18. The van der Waals surface area contributed by atoms with Crippen LogP contribution >= 0.6 is 23.2 Å². The number of anilines is 1. The second-order valence-corrected chi connectivity index (χ2v) is 12.5. The van der Waals surface area contributed by atoms with E-state index in [1.165, 1.54) is 18.2 Å². The summed E-state index contributed by atoms with van der Waals surface area (Å²) in [6, 6.07) is 19.7. The summed E-state index contributed by atoms with van der Waals surface area (Å²) in [6.07, 6.45) is 1.68. The lowest BCUT2D eigenvalue weighted by atomic mass is 10.1. The van der Waals surface area contributed by atoms with E-state index in [1.54, 1.807) is 24.3 Å². The minimum absolute atomic E-state index is 0.0661. The van der Waals surface area contributed by atoms with Crippen LogP contribution in [0, 0.1) is 0 Å². The molecule has 0 aliphatic heterocycles. The van der Waals surface area contributed by atoms with Crippen molar-refractivity contribution >= 4 is 50.9 Å². The molecule has 4 aromatic rings. The molecule has 0 spiro atoms. The lowest BCUT2D eigenvalue weighted by molar-refractivity contribution is 0.161. The number of nitrogens with one attached hydrogen (secondary N) is 4. The topological polar surface area (TPSA) is 142 Å². The van der Waals surface area contributed by atoms with Crippen molar-refractivity contribution in [2.75, 3.05) is 18.2 Å². The number of rotatable bonds is 11. The van der Waals surface area contributed by atoms with Crippen molar-refractivity contribution in [2.24, 2.45) is 0 Å². The van der Waals surface area contributed by atoms with Crippen LogP contribution in [0.5, 0.6) is 0 Å². The van der Waals surface area contributed by atoms with Gasteiger partial charge in [0.25, 0.3) is 0 Å². The number of urea groups is 1. The average Bonchev–Trinajstić information content (AvgIpc) is 3.36. The molecule has 0 unspecified atom stereocenters. The molecule has 0 aliphatic rings. The molecule has 0 radical (unpaired) electrons. The van der Waals surface area contributed by atoms with Gasteiger partial charge < -0.3 is 20.4 Å². The summed E-state index contributed by atoms with van der Waals surface area (Å²) < 4.78 is 29.5. The summed E-state index contributed by atoms with van der Waals surface area (Å²) in [4.78, 5) is 32.8. The van der Waals surface area contributed by atoms with E-state index in [4.69, 9.17) is 32.9 Å². The van der Waals surface area contributed by atoms with E-state index in [0.717, 1.165) is 18.2 Å². The number of benzene rings is 3. The van der Waals surface area contributed by atoms with Crippen molar-refractivity contribution in [1.82, 2.24) is 20.6 Å². The minimum atomic E-state index is -3.53. The molecule has 0 fully saturated rings. The monoisotopic (exact) mass is 643 g/mol. The van der Waals surface area contributed by atoms with Gasteiger partial charge in [-0.05, 0) is 54.3 Å². The Morgan fingerprint density at radius 3 is 2.42 bits per heavy atom. The number of ether oxygens (including phenoxy) is 1. The fourth-order valence-electron chi connectivity index (χ4n) is 4.28. The van der Waals surface area contributed by atoms with Gasteiger partial charge >= 0.3 is 12.1 Å². The number of carbonyl (C=O) groups is 2. The molecule has 4 rings (SSSR count). The standard InChI is InChI=1S/C30H31Cl2N5O5S/c1-3-15-42-30(39)34-23-12-9-20(10-13-23)26-27(32)37-28(36-26)24(16-19-7-5-4-6-8-19)35-29(38)33-18-21-17-22(31)11-14-25(21)43(2,40)41/h4-14,17,24H,3,15-16,18H2,1-2H3,(H,34,39)(H,36,37)(H2,33,35,38)/t24-/m0/s1. The van der Waals surface area contributed by atoms with Crippen LogP contribution in [0.1, 0.15) is 36.3 Å². The molecule has 1 atom stereocenters. The van der Waals surface area contributed by atoms with Crippen LogP contribution in [0.2, 0.25) is 10.2 Å². The average molecular weight is 645 g/mol. The van der Waals surface area contributed by atoms with E-state index in [9.17, 15) is 18.0 Å². The molecule has 0 saturated heterocycles. The quantitative estimate of drug-likeness (QED) is 0.146. The number of aromatic amines is 1. The number of hydrogen-bond acceptors (Lipinski definition) is 6. The smallest absolute Gasteiger partial charge is 0.411 e. The molecule has 4 N–H and O–H groups in total. The van der Waals surface area contributed by atoms with Crippen LogP contribution in [0.4, 0.5) is 15.3 Å². The highest BCUT2D eigenvalue weighted by Crippen LogP contribution is 2.29. The van der Waals surface area contributed by atoms with E-state index in [2.05, 4.69) is 20.9 Å². The Hall–Kier alpha value is -4.06. The first-order chi connectivity index (χ1) is 20.5. The van der Waals surface area contributed by atoms with Gasteiger partial charge in [0.1, 0.15) is 16.7 Å². The first-order valence-electron chi connectivity index (χ1n) is 13.4. The maximum atomic E-state index is 13.1. The number of nitrogens with zero attached hydrogens (tertiary/aromatic N) is 1. The number of imidazole rings is 1. The largest absolute Gasteiger partial charge is 0.449 e. The minimum Gasteiger partial charge on any atom is -0.449 e. The fourth-order valence-corrected chi connectivity index (χ4v) is 5.65. The van der Waals surface area contributed by atoms with Gasteiger partial charge in [0.2, 0.25) is 0 Å². The van der Waals surface area contributed by atoms with Crippen molar-refractivity contribution in [3.8, 4) is 11.3 Å². The number of aromatic nitrogens is 2. The van der Waals surface area contributed by atoms with E-state index >= 15 is 0 Å². The molecule has 1 aromatic heterocycles. The Kier molecular flexibility index (Phi) is 10.7. The molecule has 3 amide bonds. The summed E-state index contributed by atoms with van der Waals surface area (Å²) in [5, 5.41) is 8.93. The summed E-state index contributed by atoms with van der Waals surface area (Å²) in [6.45, 7) is 2.17. The van der Waals surface area contributed by atoms with Crippen LogP contribution in [-0.2, 0) is 27.5 Å². The van der Waals surface area contributed by atoms with Crippen molar-refractivity contribution in [3.05, 3.63) is 99.9 Å². The van der Waals surface area contributed by atoms with E-state index in [0.29, 0.717) is 46.4 Å². The SMILES string of the molecule is CCCOC(=O)Nc1ccc(-c2nc([C@H](Cc3ccccc3)NC(=O)NCc3cc(Cl)ccc3S(C)(=O)=O)[nH]c2Cl)cc1. The lowest BCUT2D eigenvalue weighted by Crippen LogP contribution is -2.39. The van der Waals surface area contributed by atoms with E-state index in [-0.39, 0.29) is 16.6 Å². The molecule has 10 nitrogen and oxygen atoms in total. The molecule has 0 bridgehead atoms. The second kappa shape index (κ2) is 14.4. The van der Waals surface area contributed by atoms with Crippen LogP contribution < -0.4 is 16.0 Å². The third kappa shape index (κ3) is 8.96.